The Balaban J connectivity index is 2.49. The molecule has 1 heterocycles. The summed E-state index contributed by atoms with van der Waals surface area (Å²) in [7, 11) is -3.55. The van der Waals surface area contributed by atoms with Crippen molar-refractivity contribution in [3.05, 3.63) is 11.8 Å². The fourth-order valence-electron chi connectivity index (χ4n) is 1.04. The molecule has 1 aromatic heterocycles. The summed E-state index contributed by atoms with van der Waals surface area (Å²) >= 11 is 0. The second-order valence-electron chi connectivity index (χ2n) is 3.24. The lowest BCUT2D eigenvalue weighted by atomic mass is 10.3. The second-order valence-corrected chi connectivity index (χ2v) is 5.08. The molecule has 0 radical (unpaired) electrons. The van der Waals surface area contributed by atoms with Crippen LogP contribution in [-0.4, -0.2) is 30.4 Å². The van der Waals surface area contributed by atoms with E-state index in [9.17, 15) is 13.2 Å². The predicted molar refractivity (Wildman–Crippen MR) is 55.5 cm³/mol. The van der Waals surface area contributed by atoms with Crippen molar-refractivity contribution >= 4 is 21.8 Å². The lowest BCUT2D eigenvalue weighted by Crippen LogP contribution is -2.17. The predicted octanol–water partition coefficient (Wildman–Crippen LogP) is 0.590. The second kappa shape index (κ2) is 4.97. The topological polar surface area (TPSA) is 110 Å². The Kier molecular flexibility index (Phi) is 3.88. The van der Waals surface area contributed by atoms with Gasteiger partial charge in [-0.15, -0.1) is 0 Å². The van der Waals surface area contributed by atoms with Crippen LogP contribution in [0.1, 0.15) is 18.6 Å². The highest BCUT2D eigenvalue weighted by molar-refractivity contribution is 7.92. The summed E-state index contributed by atoms with van der Waals surface area (Å²) in [6.07, 6.45) is -0.125. The SMILES string of the molecule is Cc1cc(NS(=O)(=O)CCCC(=O)O)no1. The molecule has 1 aromatic rings. The first-order valence-electron chi connectivity index (χ1n) is 4.55. The Labute approximate surface area is 92.5 Å². The zero-order chi connectivity index (χ0) is 12.2. The van der Waals surface area contributed by atoms with Gasteiger partial charge in [0.15, 0.2) is 5.82 Å². The van der Waals surface area contributed by atoms with E-state index in [-0.39, 0.29) is 24.4 Å². The molecule has 0 saturated heterocycles. The van der Waals surface area contributed by atoms with Gasteiger partial charge >= 0.3 is 5.97 Å². The Morgan fingerprint density at radius 3 is 2.81 bits per heavy atom. The van der Waals surface area contributed by atoms with Crippen LogP contribution in [-0.2, 0) is 14.8 Å². The number of nitrogens with zero attached hydrogens (tertiary/aromatic N) is 1. The fourth-order valence-corrected chi connectivity index (χ4v) is 2.08. The number of hydrogen-bond acceptors (Lipinski definition) is 5. The maximum atomic E-state index is 11.4. The van der Waals surface area contributed by atoms with Crippen LogP contribution >= 0.6 is 0 Å². The van der Waals surface area contributed by atoms with Crippen molar-refractivity contribution in [1.82, 2.24) is 5.16 Å². The minimum Gasteiger partial charge on any atom is -0.481 e. The molecule has 0 aromatic carbocycles. The van der Waals surface area contributed by atoms with Crippen molar-refractivity contribution < 1.29 is 22.8 Å². The van der Waals surface area contributed by atoms with Crippen LogP contribution in [0.15, 0.2) is 10.6 Å². The van der Waals surface area contributed by atoms with E-state index in [4.69, 9.17) is 5.11 Å². The molecule has 0 aliphatic carbocycles. The molecule has 7 nitrogen and oxygen atoms in total. The van der Waals surface area contributed by atoms with Crippen molar-refractivity contribution in [1.29, 1.82) is 0 Å². The zero-order valence-electron chi connectivity index (χ0n) is 8.63. The molecule has 0 bridgehead atoms. The van der Waals surface area contributed by atoms with E-state index in [1.54, 1.807) is 6.92 Å². The third-order valence-electron chi connectivity index (χ3n) is 1.69. The molecule has 0 fully saturated rings. The summed E-state index contributed by atoms with van der Waals surface area (Å²) in [5.74, 6) is -0.686. The number of sulfonamides is 1. The number of aryl methyl sites for hydroxylation is 1. The van der Waals surface area contributed by atoms with E-state index in [2.05, 4.69) is 14.4 Å². The highest BCUT2D eigenvalue weighted by Gasteiger charge is 2.13. The minimum absolute atomic E-state index is 0.0570. The molecule has 0 aliphatic heterocycles. The highest BCUT2D eigenvalue weighted by atomic mass is 32.2. The van der Waals surface area contributed by atoms with Crippen LogP contribution in [0, 0.1) is 6.92 Å². The molecule has 8 heteroatoms. The minimum atomic E-state index is -3.55. The summed E-state index contributed by atoms with van der Waals surface area (Å²) in [6, 6.07) is 1.44. The normalized spacial score (nSPS) is 11.3. The van der Waals surface area contributed by atoms with Crippen LogP contribution in [0.4, 0.5) is 5.82 Å². The number of carbonyl (C=O) groups is 1. The number of aliphatic carboxylic acids is 1. The van der Waals surface area contributed by atoms with Gasteiger partial charge in [0.1, 0.15) is 5.76 Å². The largest absolute Gasteiger partial charge is 0.481 e. The van der Waals surface area contributed by atoms with E-state index in [1.807, 2.05) is 0 Å². The number of hydrogen-bond donors (Lipinski definition) is 2. The van der Waals surface area contributed by atoms with Crippen molar-refractivity contribution in [3.63, 3.8) is 0 Å². The van der Waals surface area contributed by atoms with E-state index >= 15 is 0 Å². The third-order valence-corrected chi connectivity index (χ3v) is 3.04. The first-order chi connectivity index (χ1) is 7.39. The molecule has 1 rings (SSSR count). The summed E-state index contributed by atoms with van der Waals surface area (Å²) in [5, 5.41) is 11.8. The van der Waals surface area contributed by atoms with Crippen LogP contribution < -0.4 is 4.72 Å². The Bertz CT molecular complexity index is 465. The molecule has 0 saturated carbocycles. The summed E-state index contributed by atoms with van der Waals surface area (Å²) in [6.45, 7) is 1.63. The molecule has 0 aliphatic rings. The Morgan fingerprint density at radius 2 is 2.31 bits per heavy atom. The Morgan fingerprint density at radius 1 is 1.62 bits per heavy atom. The smallest absolute Gasteiger partial charge is 0.303 e. The lowest BCUT2D eigenvalue weighted by molar-refractivity contribution is -0.137. The van der Waals surface area contributed by atoms with Gasteiger partial charge in [-0.05, 0) is 13.3 Å². The molecular formula is C8H12N2O5S. The highest BCUT2D eigenvalue weighted by Crippen LogP contribution is 2.10. The summed E-state index contributed by atoms with van der Waals surface area (Å²) in [5.41, 5.74) is 0. The van der Waals surface area contributed by atoms with Gasteiger partial charge < -0.3 is 9.63 Å². The summed E-state index contributed by atoms with van der Waals surface area (Å²) < 4.78 is 29.7. The van der Waals surface area contributed by atoms with Crippen molar-refractivity contribution in [3.8, 4) is 0 Å². The van der Waals surface area contributed by atoms with E-state index in [0.29, 0.717) is 5.76 Å². The molecule has 0 amide bonds. The monoisotopic (exact) mass is 248 g/mol. The van der Waals surface area contributed by atoms with Gasteiger partial charge in [0.05, 0.1) is 5.75 Å². The van der Waals surface area contributed by atoms with Crippen LogP contribution in [0.5, 0.6) is 0 Å². The molecule has 0 atom stereocenters. The molecular weight excluding hydrogens is 236 g/mol. The number of aromatic nitrogens is 1. The van der Waals surface area contributed by atoms with E-state index in [0.717, 1.165) is 0 Å². The fraction of sp³-hybridized carbons (Fsp3) is 0.500. The molecule has 0 spiro atoms. The number of carboxylic acids is 1. The zero-order valence-corrected chi connectivity index (χ0v) is 9.45. The maximum absolute atomic E-state index is 11.4. The molecule has 2 N–H and O–H groups in total. The van der Waals surface area contributed by atoms with E-state index in [1.165, 1.54) is 6.07 Å². The average molecular weight is 248 g/mol. The average Bonchev–Trinajstić information content (AvgIpc) is 2.48. The third kappa shape index (κ3) is 4.30. The number of rotatable bonds is 6. The quantitative estimate of drug-likeness (QED) is 0.762. The van der Waals surface area contributed by atoms with Gasteiger partial charge in [0, 0.05) is 12.5 Å². The first kappa shape index (κ1) is 12.5. The number of nitrogens with one attached hydrogen (secondary N) is 1. The van der Waals surface area contributed by atoms with E-state index < -0.39 is 16.0 Å². The van der Waals surface area contributed by atoms with Crippen LogP contribution in [0.3, 0.4) is 0 Å². The van der Waals surface area contributed by atoms with Gasteiger partial charge in [-0.1, -0.05) is 5.16 Å². The standard InChI is InChI=1S/C8H12N2O5S/c1-6-5-7(9-15-6)10-16(13,14)4-2-3-8(11)12/h5H,2-4H2,1H3,(H,9,10)(H,11,12). The van der Waals surface area contributed by atoms with Gasteiger partial charge in [0.2, 0.25) is 10.0 Å². The number of carboxylic acid groups (broad SMARTS) is 1. The van der Waals surface area contributed by atoms with Gasteiger partial charge in [-0.25, -0.2) is 8.42 Å². The Hall–Kier alpha value is -1.57. The molecule has 90 valence electrons. The van der Waals surface area contributed by atoms with Crippen molar-refractivity contribution in [2.24, 2.45) is 0 Å². The van der Waals surface area contributed by atoms with Crippen LogP contribution in [0.2, 0.25) is 0 Å². The molecule has 16 heavy (non-hydrogen) atoms. The maximum Gasteiger partial charge on any atom is 0.303 e. The lowest BCUT2D eigenvalue weighted by Gasteiger charge is -2.02. The first-order valence-corrected chi connectivity index (χ1v) is 6.20. The van der Waals surface area contributed by atoms with Gasteiger partial charge in [-0.3, -0.25) is 9.52 Å². The van der Waals surface area contributed by atoms with Crippen LogP contribution in [0.25, 0.3) is 0 Å². The molecule has 0 unspecified atom stereocenters. The summed E-state index contributed by atoms with van der Waals surface area (Å²) in [4.78, 5) is 10.2. The van der Waals surface area contributed by atoms with Gasteiger partial charge in [-0.2, -0.15) is 0 Å². The van der Waals surface area contributed by atoms with Gasteiger partial charge in [0.25, 0.3) is 0 Å². The van der Waals surface area contributed by atoms with Crippen molar-refractivity contribution in [2.45, 2.75) is 19.8 Å². The number of anilines is 1. The van der Waals surface area contributed by atoms with Crippen molar-refractivity contribution in [2.75, 3.05) is 10.5 Å².